The number of aromatic nitrogens is 1. The van der Waals surface area contributed by atoms with Gasteiger partial charge >= 0.3 is 0 Å². The van der Waals surface area contributed by atoms with Crippen LogP contribution < -0.4 is 0 Å². The first-order valence-corrected chi connectivity index (χ1v) is 6.56. The van der Waals surface area contributed by atoms with E-state index >= 15 is 0 Å². The van der Waals surface area contributed by atoms with E-state index in [0.29, 0.717) is 0 Å². The van der Waals surface area contributed by atoms with Crippen molar-refractivity contribution in [2.24, 2.45) is 4.99 Å². The number of nitrogens with zero attached hydrogens (tertiary/aromatic N) is 1. The lowest BCUT2D eigenvalue weighted by Crippen LogP contribution is -1.81. The van der Waals surface area contributed by atoms with Crippen LogP contribution in [0.15, 0.2) is 47.5 Å². The Morgan fingerprint density at radius 1 is 1.05 bits per heavy atom. The average Bonchev–Trinajstić information content (AvgIpc) is 2.76. The van der Waals surface area contributed by atoms with Gasteiger partial charge < -0.3 is 10.1 Å². The Morgan fingerprint density at radius 3 is 2.65 bits per heavy atom. The number of para-hydroxylation sites is 1. The van der Waals surface area contributed by atoms with Gasteiger partial charge in [0.25, 0.3) is 0 Å². The highest BCUT2D eigenvalue weighted by molar-refractivity contribution is 6.02. The Hall–Kier alpha value is -2.55. The predicted molar refractivity (Wildman–Crippen MR) is 83.1 cm³/mol. The van der Waals surface area contributed by atoms with Crippen molar-refractivity contribution in [2.75, 3.05) is 0 Å². The van der Waals surface area contributed by atoms with E-state index in [1.54, 1.807) is 6.21 Å². The molecule has 0 saturated heterocycles. The van der Waals surface area contributed by atoms with Gasteiger partial charge in [-0.3, -0.25) is 4.99 Å². The predicted octanol–water partition coefficient (Wildman–Crippen LogP) is 4.24. The summed E-state index contributed by atoms with van der Waals surface area (Å²) in [6, 6.07) is 13.8. The molecule has 0 fully saturated rings. The molecule has 3 aromatic rings. The number of benzene rings is 2. The van der Waals surface area contributed by atoms with E-state index in [0.717, 1.165) is 22.2 Å². The third-order valence-electron chi connectivity index (χ3n) is 3.56. The Labute approximate surface area is 117 Å². The zero-order chi connectivity index (χ0) is 14.1. The number of rotatable bonds is 2. The molecule has 0 aliphatic carbocycles. The normalized spacial score (nSPS) is 11.5. The molecule has 0 radical (unpaired) electrons. The third kappa shape index (κ3) is 2.18. The Morgan fingerprint density at radius 2 is 1.85 bits per heavy atom. The molecule has 100 valence electrons. The largest absolute Gasteiger partial charge is 0.494 e. The molecule has 3 nitrogen and oxygen atoms in total. The maximum absolute atomic E-state index is 9.96. The molecule has 3 heteroatoms. The second kappa shape index (κ2) is 4.85. The number of H-pyrrole nitrogens is 1. The molecule has 0 amide bonds. The van der Waals surface area contributed by atoms with Gasteiger partial charge in [0.1, 0.15) is 0 Å². The molecule has 0 saturated carbocycles. The Balaban J connectivity index is 2.02. The number of aromatic hydroxyl groups is 1. The number of hydrogen-bond acceptors (Lipinski definition) is 2. The van der Waals surface area contributed by atoms with Crippen molar-refractivity contribution in [1.29, 1.82) is 0 Å². The second-order valence-corrected chi connectivity index (χ2v) is 4.96. The van der Waals surface area contributed by atoms with Crippen molar-refractivity contribution < 1.29 is 5.11 Å². The quantitative estimate of drug-likeness (QED) is 0.668. The molecule has 1 heterocycles. The fraction of sp³-hybridized carbons (Fsp3) is 0.118. The van der Waals surface area contributed by atoms with Crippen LogP contribution in [-0.2, 0) is 0 Å². The molecule has 3 rings (SSSR count). The van der Waals surface area contributed by atoms with Crippen LogP contribution in [0.3, 0.4) is 0 Å². The van der Waals surface area contributed by atoms with Gasteiger partial charge in [0.05, 0.1) is 11.3 Å². The average molecular weight is 264 g/mol. The van der Waals surface area contributed by atoms with Gasteiger partial charge in [0.15, 0.2) is 5.88 Å². The fourth-order valence-electron chi connectivity index (χ4n) is 2.23. The Kier molecular flexibility index (Phi) is 3.03. The van der Waals surface area contributed by atoms with E-state index in [4.69, 9.17) is 0 Å². The summed E-state index contributed by atoms with van der Waals surface area (Å²) >= 11 is 0. The summed E-state index contributed by atoms with van der Waals surface area (Å²) in [4.78, 5) is 7.40. The molecule has 0 bridgehead atoms. The number of aryl methyl sites for hydroxylation is 2. The molecule has 0 spiro atoms. The smallest absolute Gasteiger partial charge is 0.198 e. The van der Waals surface area contributed by atoms with Crippen LogP contribution in [0.1, 0.15) is 16.7 Å². The topological polar surface area (TPSA) is 48.4 Å². The van der Waals surface area contributed by atoms with Gasteiger partial charge in [-0.15, -0.1) is 0 Å². The lowest BCUT2D eigenvalue weighted by atomic mass is 10.1. The monoisotopic (exact) mass is 264 g/mol. The summed E-state index contributed by atoms with van der Waals surface area (Å²) in [5.74, 6) is 0.152. The van der Waals surface area contributed by atoms with Gasteiger partial charge in [0.2, 0.25) is 0 Å². The van der Waals surface area contributed by atoms with E-state index in [2.05, 4.69) is 29.9 Å². The molecule has 0 aliphatic heterocycles. The van der Waals surface area contributed by atoms with Crippen LogP contribution in [-0.4, -0.2) is 16.3 Å². The van der Waals surface area contributed by atoms with Crippen LogP contribution in [0.5, 0.6) is 5.88 Å². The number of nitrogens with one attached hydrogen (secondary N) is 1. The Bertz CT molecular complexity index is 800. The zero-order valence-electron chi connectivity index (χ0n) is 11.5. The minimum absolute atomic E-state index is 0.152. The molecular formula is C17H16N2O. The fourth-order valence-corrected chi connectivity index (χ4v) is 2.23. The summed E-state index contributed by atoms with van der Waals surface area (Å²) in [6.07, 6.45) is 1.71. The number of aromatic amines is 1. The minimum Gasteiger partial charge on any atom is -0.494 e. The van der Waals surface area contributed by atoms with Gasteiger partial charge in [-0.2, -0.15) is 0 Å². The number of fused-ring (bicyclic) bond motifs is 1. The third-order valence-corrected chi connectivity index (χ3v) is 3.56. The SMILES string of the molecule is Cc1ccc(N=Cc2c(O)[nH]c3ccccc23)cc1C. The van der Waals surface area contributed by atoms with Crippen LogP contribution in [0.2, 0.25) is 0 Å². The maximum atomic E-state index is 9.96. The van der Waals surface area contributed by atoms with Gasteiger partial charge in [-0.1, -0.05) is 24.3 Å². The van der Waals surface area contributed by atoms with Crippen molar-refractivity contribution >= 4 is 22.8 Å². The van der Waals surface area contributed by atoms with Gasteiger partial charge in [-0.05, 0) is 43.2 Å². The molecule has 0 aliphatic rings. The van der Waals surface area contributed by atoms with E-state index in [-0.39, 0.29) is 5.88 Å². The van der Waals surface area contributed by atoms with E-state index in [9.17, 15) is 5.11 Å². The zero-order valence-corrected chi connectivity index (χ0v) is 11.5. The summed E-state index contributed by atoms with van der Waals surface area (Å²) in [6.45, 7) is 4.14. The highest BCUT2D eigenvalue weighted by atomic mass is 16.3. The van der Waals surface area contributed by atoms with Crippen LogP contribution >= 0.6 is 0 Å². The first-order chi connectivity index (χ1) is 9.65. The second-order valence-electron chi connectivity index (χ2n) is 4.96. The molecule has 0 atom stereocenters. The van der Waals surface area contributed by atoms with Crippen molar-refractivity contribution in [3.05, 3.63) is 59.2 Å². The first kappa shape index (κ1) is 12.5. The van der Waals surface area contributed by atoms with Gasteiger partial charge in [0, 0.05) is 17.1 Å². The summed E-state index contributed by atoms with van der Waals surface area (Å²) in [5, 5.41) is 10.9. The van der Waals surface area contributed by atoms with Crippen LogP contribution in [0.25, 0.3) is 10.9 Å². The highest BCUT2D eigenvalue weighted by Crippen LogP contribution is 2.26. The van der Waals surface area contributed by atoms with E-state index in [1.807, 2.05) is 36.4 Å². The first-order valence-electron chi connectivity index (χ1n) is 6.56. The molecule has 2 N–H and O–H groups in total. The molecule has 0 unspecified atom stereocenters. The van der Waals surface area contributed by atoms with Crippen molar-refractivity contribution in [1.82, 2.24) is 4.98 Å². The minimum atomic E-state index is 0.152. The molecule has 20 heavy (non-hydrogen) atoms. The van der Waals surface area contributed by atoms with Crippen molar-refractivity contribution in [3.63, 3.8) is 0 Å². The standard InChI is InChI=1S/C17H16N2O/c1-11-7-8-13(9-12(11)2)18-10-15-14-5-3-4-6-16(14)19-17(15)20/h3-10,19-20H,1-2H3. The lowest BCUT2D eigenvalue weighted by molar-refractivity contribution is 0.457. The van der Waals surface area contributed by atoms with Crippen molar-refractivity contribution in [2.45, 2.75) is 13.8 Å². The van der Waals surface area contributed by atoms with E-state index < -0.39 is 0 Å². The summed E-state index contributed by atoms with van der Waals surface area (Å²) in [5.41, 5.74) is 4.98. The number of aliphatic imine (C=N–C) groups is 1. The molecule has 1 aromatic heterocycles. The summed E-state index contributed by atoms with van der Waals surface area (Å²) in [7, 11) is 0. The van der Waals surface area contributed by atoms with Crippen LogP contribution in [0, 0.1) is 13.8 Å². The van der Waals surface area contributed by atoms with Gasteiger partial charge in [-0.25, -0.2) is 0 Å². The molecule has 2 aromatic carbocycles. The summed E-state index contributed by atoms with van der Waals surface area (Å²) < 4.78 is 0. The van der Waals surface area contributed by atoms with Crippen molar-refractivity contribution in [3.8, 4) is 5.88 Å². The maximum Gasteiger partial charge on any atom is 0.198 e. The lowest BCUT2D eigenvalue weighted by Gasteiger charge is -2.00. The number of hydrogen-bond donors (Lipinski definition) is 2. The van der Waals surface area contributed by atoms with Crippen LogP contribution in [0.4, 0.5) is 5.69 Å². The highest BCUT2D eigenvalue weighted by Gasteiger charge is 2.07. The van der Waals surface area contributed by atoms with E-state index in [1.165, 1.54) is 11.1 Å². The molecular weight excluding hydrogens is 248 g/mol.